The molecule has 0 bridgehead atoms. The summed E-state index contributed by atoms with van der Waals surface area (Å²) in [5, 5.41) is 36.9. The van der Waals surface area contributed by atoms with Crippen molar-refractivity contribution in [3.63, 3.8) is 0 Å². The second-order valence-corrected chi connectivity index (χ2v) is 41.7. The molecule has 0 fully saturated rings. The Morgan fingerprint density at radius 2 is 0.232 bits per heavy atom. The Balaban J connectivity index is 0.000000134. The highest BCUT2D eigenvalue weighted by atomic mass is 28.3. The summed E-state index contributed by atoms with van der Waals surface area (Å²) in [4.78, 5) is 0. The van der Waals surface area contributed by atoms with Crippen LogP contribution in [0, 0.1) is 0 Å². The predicted molar refractivity (Wildman–Crippen MR) is 535 cm³/mol. The van der Waals surface area contributed by atoms with Crippen molar-refractivity contribution in [3.8, 4) is 28.4 Å². The summed E-state index contributed by atoms with van der Waals surface area (Å²) in [5.41, 5.74) is 18.3. The Morgan fingerprint density at radius 3 is 0.368 bits per heavy atom. The van der Waals surface area contributed by atoms with E-state index in [1.165, 1.54) is 216 Å². The molecular weight excluding hydrogens is 1540 g/mol. The fourth-order valence-corrected chi connectivity index (χ4v) is 32.3. The van der Waals surface area contributed by atoms with E-state index < -0.39 is 16.1 Å². The van der Waals surface area contributed by atoms with Gasteiger partial charge in [0, 0.05) is 82.3 Å². The molecular formula is C118H75N5Si2. The number of aromatic nitrogens is 5. The maximum atomic E-state index is 2.47. The SMILES string of the molecule is c1ccc([Si](c2ccc(-n3c4cccc5ccc6cccc3c6c54)cc2)(c2ccc(-n3c4cccc5ccc6cccc3c6c54)cc2)c2ccc(-n3c4cccc5ccc6cccc3c6c54)cc2)cc1.c1ccc([Si](c2ccccc2)(c2ccc(-n3c4cccc5ccc6cccc3c6c54)cc2)c2ccc(-n3c4cccc5ccc6cccc3c6c54)cc2)cc1. The van der Waals surface area contributed by atoms with Crippen LogP contribution in [0.4, 0.5) is 0 Å². The van der Waals surface area contributed by atoms with Crippen LogP contribution in [0.1, 0.15) is 0 Å². The summed E-state index contributed by atoms with van der Waals surface area (Å²) < 4.78 is 12.3. The molecule has 0 saturated carbocycles. The molecule has 28 rings (SSSR count). The molecule has 28 aromatic rings. The molecule has 7 heteroatoms. The Bertz CT molecular complexity index is 8040. The molecule has 125 heavy (non-hydrogen) atoms. The summed E-state index contributed by atoms with van der Waals surface area (Å²) in [6.07, 6.45) is 0. The molecule has 0 aliphatic carbocycles. The maximum Gasteiger partial charge on any atom is 0.179 e. The van der Waals surface area contributed by atoms with Crippen LogP contribution in [0.3, 0.4) is 0 Å². The largest absolute Gasteiger partial charge is 0.309 e. The number of hydrogen-bond donors (Lipinski definition) is 0. The van der Waals surface area contributed by atoms with Gasteiger partial charge < -0.3 is 22.8 Å². The highest BCUT2D eigenvalue weighted by molar-refractivity contribution is 7.20. The zero-order valence-electron chi connectivity index (χ0n) is 68.0. The standard InChI is InChI=1S/C66H41N3Si.C52H34N2Si/c1-2-16-51(17-3-1)70(52-36-30-48(31-37-52)67-55-18-4-10-42-24-25-43-11-5-19-56(67)62(43)61(42)55,53-38-32-49(33-39-53)68-57-20-6-12-44-26-27-45-13-7-21-58(68)64(45)63(44)57)54-40-34-50(35-41-54)69-59-22-8-14-46-28-29-47-15-9-23-60(69)66(47)65(46)59;1-3-15-41(16-4-1)55(42-17-5-2-6-18-42,43-31-27-39(28-32-43)53-45-19-7-11-35-23-24-36-12-8-20-46(53)50(36)49(35)45)44-33-29-40(30-34-44)54-47-21-9-13-37-25-26-38-14-10-22-48(54)52(38)51(37)47/h1-41H;1-34H. The van der Waals surface area contributed by atoms with E-state index in [9.17, 15) is 0 Å². The van der Waals surface area contributed by atoms with Crippen LogP contribution in [0.5, 0.6) is 0 Å². The number of hydrogen-bond acceptors (Lipinski definition) is 0. The van der Waals surface area contributed by atoms with Gasteiger partial charge in [-0.25, -0.2) is 0 Å². The first-order valence-electron chi connectivity index (χ1n) is 43.4. The molecule has 0 amide bonds. The molecule has 23 aromatic carbocycles. The number of nitrogens with zero attached hydrogens (tertiary/aromatic N) is 5. The third-order valence-corrected chi connectivity index (χ3v) is 37.6. The van der Waals surface area contributed by atoms with Gasteiger partial charge in [-0.15, -0.1) is 0 Å². The minimum Gasteiger partial charge on any atom is -0.309 e. The topological polar surface area (TPSA) is 24.6 Å². The van der Waals surface area contributed by atoms with Gasteiger partial charge in [0.05, 0.1) is 55.2 Å². The van der Waals surface area contributed by atoms with Crippen molar-refractivity contribution in [2.75, 3.05) is 0 Å². The van der Waals surface area contributed by atoms with E-state index in [1.807, 2.05) is 0 Å². The van der Waals surface area contributed by atoms with E-state index in [1.54, 1.807) is 0 Å². The molecule has 0 N–H and O–H groups in total. The monoisotopic (exact) mass is 1620 g/mol. The van der Waals surface area contributed by atoms with Gasteiger partial charge in [0.1, 0.15) is 0 Å². The molecule has 0 atom stereocenters. The van der Waals surface area contributed by atoms with E-state index in [0.717, 1.165) is 17.1 Å². The third-order valence-electron chi connectivity index (χ3n) is 28.0. The minimum atomic E-state index is -3.03. The van der Waals surface area contributed by atoms with Gasteiger partial charge in [0.15, 0.2) is 16.1 Å². The predicted octanol–water partition coefficient (Wildman–Crippen LogP) is 24.6. The quantitative estimate of drug-likeness (QED) is 0.0624. The average Bonchev–Trinajstić information content (AvgIpc) is 1.67. The van der Waals surface area contributed by atoms with Gasteiger partial charge in [0.2, 0.25) is 0 Å². The van der Waals surface area contributed by atoms with Crippen LogP contribution in [0.15, 0.2) is 455 Å². The molecule has 5 heterocycles. The molecule has 0 saturated heterocycles. The second-order valence-electron chi connectivity index (χ2n) is 34.1. The van der Waals surface area contributed by atoms with Crippen LogP contribution in [0.2, 0.25) is 0 Å². The zero-order chi connectivity index (χ0) is 81.7. The first-order chi connectivity index (χ1) is 62.0. The molecule has 0 radical (unpaired) electrons. The fraction of sp³-hybridized carbons (Fsp3) is 0. The lowest BCUT2D eigenvalue weighted by Crippen LogP contribution is -2.74. The van der Waals surface area contributed by atoms with E-state index in [0.29, 0.717) is 0 Å². The Morgan fingerprint density at radius 1 is 0.104 bits per heavy atom. The molecule has 0 spiro atoms. The van der Waals surface area contributed by atoms with Crippen molar-refractivity contribution in [1.29, 1.82) is 0 Å². The van der Waals surface area contributed by atoms with E-state index in [4.69, 9.17) is 0 Å². The van der Waals surface area contributed by atoms with E-state index >= 15 is 0 Å². The van der Waals surface area contributed by atoms with Crippen molar-refractivity contribution < 1.29 is 0 Å². The third kappa shape index (κ3) is 9.87. The summed E-state index contributed by atoms with van der Waals surface area (Å²) in [6.45, 7) is 0. The van der Waals surface area contributed by atoms with Crippen molar-refractivity contribution in [2.24, 2.45) is 0 Å². The Hall–Kier alpha value is -15.9. The van der Waals surface area contributed by atoms with Crippen molar-refractivity contribution in [3.05, 3.63) is 455 Å². The number of benzene rings is 23. The van der Waals surface area contributed by atoms with Crippen LogP contribution in [-0.4, -0.2) is 39.0 Å². The summed E-state index contributed by atoms with van der Waals surface area (Å²) in [5.74, 6) is 0. The zero-order valence-corrected chi connectivity index (χ0v) is 70.0. The lowest BCUT2D eigenvalue weighted by Gasteiger charge is -2.35. The van der Waals surface area contributed by atoms with Crippen LogP contribution < -0.4 is 41.5 Å². The molecule has 5 nitrogen and oxygen atoms in total. The first kappa shape index (κ1) is 69.8. The Kier molecular flexibility index (Phi) is 15.0. The van der Waals surface area contributed by atoms with Gasteiger partial charge in [-0.05, 0) is 217 Å². The van der Waals surface area contributed by atoms with E-state index in [2.05, 4.69) is 478 Å². The maximum absolute atomic E-state index is 3.03. The van der Waals surface area contributed by atoms with Crippen molar-refractivity contribution in [1.82, 2.24) is 22.8 Å². The molecule has 0 aliphatic heterocycles. The summed E-state index contributed by atoms with van der Waals surface area (Å²) in [7, 11) is -5.81. The smallest absolute Gasteiger partial charge is 0.179 e. The first-order valence-corrected chi connectivity index (χ1v) is 47.4. The van der Waals surface area contributed by atoms with Gasteiger partial charge >= 0.3 is 0 Å². The molecule has 5 aromatic heterocycles. The highest BCUT2D eigenvalue weighted by Crippen LogP contribution is 2.45. The van der Waals surface area contributed by atoms with Gasteiger partial charge in [-0.1, -0.05) is 334 Å². The van der Waals surface area contributed by atoms with Crippen LogP contribution in [-0.2, 0) is 0 Å². The van der Waals surface area contributed by atoms with Crippen LogP contribution in [0.25, 0.3) is 191 Å². The molecule has 0 aliphatic rings. The molecule has 580 valence electrons. The fourth-order valence-electron chi connectivity index (χ4n) is 22.9. The van der Waals surface area contributed by atoms with Gasteiger partial charge in [-0.3, -0.25) is 0 Å². The van der Waals surface area contributed by atoms with Gasteiger partial charge in [0.25, 0.3) is 0 Å². The number of rotatable bonds is 13. The summed E-state index contributed by atoms with van der Waals surface area (Å²) >= 11 is 0. The average molecular weight is 1620 g/mol. The lowest BCUT2D eigenvalue weighted by atomic mass is 10.0. The highest BCUT2D eigenvalue weighted by Gasteiger charge is 2.44. The van der Waals surface area contributed by atoms with Crippen LogP contribution >= 0.6 is 0 Å². The van der Waals surface area contributed by atoms with Crippen molar-refractivity contribution >= 4 is 221 Å². The lowest BCUT2D eigenvalue weighted by molar-refractivity contribution is 1.18. The summed E-state index contributed by atoms with van der Waals surface area (Å²) in [6, 6.07) is 171. The normalized spacial score (nSPS) is 12.5. The second kappa shape index (κ2) is 26.8. The Labute approximate surface area is 721 Å². The minimum absolute atomic E-state index is 1.16. The molecule has 0 unspecified atom stereocenters. The van der Waals surface area contributed by atoms with Gasteiger partial charge in [-0.2, -0.15) is 0 Å². The van der Waals surface area contributed by atoms with E-state index in [-0.39, 0.29) is 0 Å². The van der Waals surface area contributed by atoms with Crippen molar-refractivity contribution in [2.45, 2.75) is 0 Å².